The first-order valence-electron chi connectivity index (χ1n) is 8.02. The lowest BCUT2D eigenvalue weighted by Crippen LogP contribution is -2.75. The molecule has 1 spiro atoms. The Hall–Kier alpha value is -1.31. The molecule has 8 heteroatoms. The van der Waals surface area contributed by atoms with E-state index in [0.29, 0.717) is 6.54 Å². The smallest absolute Gasteiger partial charge is 0.369 e. The summed E-state index contributed by atoms with van der Waals surface area (Å²) in [6.45, 7) is 7.79. The van der Waals surface area contributed by atoms with Gasteiger partial charge >= 0.3 is 6.18 Å². The van der Waals surface area contributed by atoms with Gasteiger partial charge in [-0.1, -0.05) is 13.8 Å². The second-order valence-electron chi connectivity index (χ2n) is 8.05. The van der Waals surface area contributed by atoms with E-state index in [-0.39, 0.29) is 12.5 Å². The van der Waals surface area contributed by atoms with Crippen LogP contribution < -0.4 is 5.32 Å². The van der Waals surface area contributed by atoms with Crippen LogP contribution in [-0.4, -0.2) is 54.2 Å². The van der Waals surface area contributed by atoms with Crippen molar-refractivity contribution >= 4 is 11.8 Å². The van der Waals surface area contributed by atoms with E-state index in [2.05, 4.69) is 5.32 Å². The van der Waals surface area contributed by atoms with Crippen LogP contribution in [0.15, 0.2) is 0 Å². The highest BCUT2D eigenvalue weighted by Crippen LogP contribution is 2.54. The van der Waals surface area contributed by atoms with Gasteiger partial charge in [-0.25, -0.2) is 0 Å². The zero-order valence-corrected chi connectivity index (χ0v) is 14.7. The fourth-order valence-electron chi connectivity index (χ4n) is 3.57. The summed E-state index contributed by atoms with van der Waals surface area (Å²) in [5.74, 6) is -0.717. The van der Waals surface area contributed by atoms with E-state index in [1.807, 2.05) is 13.8 Å². The summed E-state index contributed by atoms with van der Waals surface area (Å²) in [5, 5.41) is 2.59. The second kappa shape index (κ2) is 5.61. The van der Waals surface area contributed by atoms with Gasteiger partial charge < -0.3 is 15.0 Å². The van der Waals surface area contributed by atoms with E-state index in [0.717, 1.165) is 7.11 Å². The maximum Gasteiger partial charge on any atom is 0.417 e. The molecule has 0 radical (unpaired) electrons. The molecule has 2 amide bonds. The quantitative estimate of drug-likeness (QED) is 0.848. The van der Waals surface area contributed by atoms with Crippen molar-refractivity contribution in [1.82, 2.24) is 10.2 Å². The summed E-state index contributed by atoms with van der Waals surface area (Å²) in [7, 11) is 0.985. The SMILES string of the molecule is COC1(C(F)(F)F)CC2(C1)NC(=O)C(C)(C)CN(CC(C)C)C2=O. The van der Waals surface area contributed by atoms with Gasteiger partial charge in [0, 0.05) is 33.0 Å². The molecule has 2 rings (SSSR count). The molecule has 1 aliphatic carbocycles. The Morgan fingerprint density at radius 3 is 2.21 bits per heavy atom. The number of amides is 2. The van der Waals surface area contributed by atoms with Crippen LogP contribution in [0.4, 0.5) is 13.2 Å². The van der Waals surface area contributed by atoms with Crippen LogP contribution in [0, 0.1) is 11.3 Å². The van der Waals surface area contributed by atoms with Gasteiger partial charge in [-0.15, -0.1) is 0 Å². The number of halogens is 3. The molecule has 1 saturated carbocycles. The maximum atomic E-state index is 13.3. The number of carbonyl (C=O) groups is 2. The van der Waals surface area contributed by atoms with Gasteiger partial charge in [0.2, 0.25) is 11.8 Å². The van der Waals surface area contributed by atoms with Crippen molar-refractivity contribution in [3.05, 3.63) is 0 Å². The fourth-order valence-corrected chi connectivity index (χ4v) is 3.57. The number of nitrogens with zero attached hydrogens (tertiary/aromatic N) is 1. The van der Waals surface area contributed by atoms with Crippen molar-refractivity contribution in [2.24, 2.45) is 11.3 Å². The lowest BCUT2D eigenvalue weighted by molar-refractivity contribution is -0.311. The first-order valence-corrected chi connectivity index (χ1v) is 8.02. The maximum absolute atomic E-state index is 13.3. The molecule has 0 bridgehead atoms. The number of carbonyl (C=O) groups excluding carboxylic acids is 2. The number of methoxy groups -OCH3 is 1. The molecule has 24 heavy (non-hydrogen) atoms. The highest BCUT2D eigenvalue weighted by molar-refractivity contribution is 5.97. The van der Waals surface area contributed by atoms with Crippen LogP contribution in [0.1, 0.15) is 40.5 Å². The van der Waals surface area contributed by atoms with Gasteiger partial charge in [-0.3, -0.25) is 9.59 Å². The Morgan fingerprint density at radius 2 is 1.79 bits per heavy atom. The highest BCUT2D eigenvalue weighted by Gasteiger charge is 2.72. The third-order valence-electron chi connectivity index (χ3n) is 4.92. The molecule has 1 saturated heterocycles. The van der Waals surface area contributed by atoms with Crippen LogP contribution in [0.5, 0.6) is 0 Å². The number of hydrogen-bond acceptors (Lipinski definition) is 3. The Balaban J connectivity index is 2.36. The van der Waals surface area contributed by atoms with Gasteiger partial charge in [0.1, 0.15) is 5.54 Å². The first-order chi connectivity index (χ1) is 10.8. The first kappa shape index (κ1) is 19.0. The molecule has 0 aromatic heterocycles. The number of ether oxygens (including phenoxy) is 1. The van der Waals surface area contributed by atoms with E-state index in [4.69, 9.17) is 4.74 Å². The highest BCUT2D eigenvalue weighted by atomic mass is 19.4. The minimum Gasteiger partial charge on any atom is -0.369 e. The summed E-state index contributed by atoms with van der Waals surface area (Å²) in [5.41, 5.74) is -4.78. The third-order valence-corrected chi connectivity index (χ3v) is 4.92. The molecule has 2 fully saturated rings. The van der Waals surface area contributed by atoms with Crippen molar-refractivity contribution in [3.63, 3.8) is 0 Å². The van der Waals surface area contributed by atoms with Crippen LogP contribution in [-0.2, 0) is 14.3 Å². The Labute approximate surface area is 139 Å². The topological polar surface area (TPSA) is 58.6 Å². The fraction of sp³-hybridized carbons (Fsp3) is 0.875. The predicted molar refractivity (Wildman–Crippen MR) is 81.1 cm³/mol. The van der Waals surface area contributed by atoms with Gasteiger partial charge in [0.15, 0.2) is 5.60 Å². The summed E-state index contributed by atoms with van der Waals surface area (Å²) in [4.78, 5) is 26.9. The second-order valence-corrected chi connectivity index (χ2v) is 8.05. The van der Waals surface area contributed by atoms with Crippen LogP contribution in [0.3, 0.4) is 0 Å². The zero-order valence-electron chi connectivity index (χ0n) is 14.7. The van der Waals surface area contributed by atoms with E-state index >= 15 is 0 Å². The van der Waals surface area contributed by atoms with Crippen molar-refractivity contribution in [2.75, 3.05) is 20.2 Å². The monoisotopic (exact) mass is 350 g/mol. The molecule has 5 nitrogen and oxygen atoms in total. The molecule has 2 aliphatic rings. The molecule has 1 N–H and O–H groups in total. The number of nitrogens with one attached hydrogen (secondary N) is 1. The molecule has 0 aromatic rings. The lowest BCUT2D eigenvalue weighted by atomic mass is 9.63. The minimum atomic E-state index is -4.59. The largest absolute Gasteiger partial charge is 0.417 e. The zero-order chi connectivity index (χ0) is 18.6. The molecule has 0 aromatic carbocycles. The normalized spacial score (nSPS) is 33.5. The predicted octanol–water partition coefficient (Wildman–Crippen LogP) is 2.11. The van der Waals surface area contributed by atoms with E-state index in [9.17, 15) is 22.8 Å². The van der Waals surface area contributed by atoms with Gasteiger partial charge in [0.25, 0.3) is 0 Å². The molecular formula is C16H25F3N2O3. The summed E-state index contributed by atoms with van der Waals surface area (Å²) >= 11 is 0. The van der Waals surface area contributed by atoms with Crippen molar-refractivity contribution in [3.8, 4) is 0 Å². The number of alkyl halides is 3. The lowest BCUT2D eigenvalue weighted by Gasteiger charge is -2.54. The molecule has 1 aliphatic heterocycles. The molecular weight excluding hydrogens is 325 g/mol. The van der Waals surface area contributed by atoms with Crippen LogP contribution >= 0.6 is 0 Å². The van der Waals surface area contributed by atoms with E-state index in [1.54, 1.807) is 13.8 Å². The standard InChI is InChI=1S/C16H25F3N2O3/c1-10(2)6-21-9-13(3,4)11(22)20-14(12(21)23)7-15(8-14,24-5)16(17,18)19/h10H,6-9H2,1-5H3,(H,20,22). The van der Waals surface area contributed by atoms with Crippen LogP contribution in [0.25, 0.3) is 0 Å². The van der Waals surface area contributed by atoms with Gasteiger partial charge in [-0.2, -0.15) is 13.2 Å². The van der Waals surface area contributed by atoms with Crippen LogP contribution in [0.2, 0.25) is 0 Å². The summed E-state index contributed by atoms with van der Waals surface area (Å²) in [6, 6.07) is 0. The third kappa shape index (κ3) is 2.89. The Kier molecular flexibility index (Phi) is 4.44. The summed E-state index contributed by atoms with van der Waals surface area (Å²) < 4.78 is 44.7. The average Bonchev–Trinajstić information content (AvgIpc) is 2.43. The van der Waals surface area contributed by atoms with Gasteiger partial charge in [-0.05, 0) is 19.8 Å². The Morgan fingerprint density at radius 1 is 1.25 bits per heavy atom. The molecule has 138 valence electrons. The van der Waals surface area contributed by atoms with E-state index in [1.165, 1.54) is 4.90 Å². The van der Waals surface area contributed by atoms with Gasteiger partial charge in [0.05, 0.1) is 5.41 Å². The van der Waals surface area contributed by atoms with E-state index < -0.39 is 47.4 Å². The number of rotatable bonds is 3. The Bertz CT molecular complexity index is 537. The molecule has 0 atom stereocenters. The molecule has 0 unspecified atom stereocenters. The minimum absolute atomic E-state index is 0.143. The summed E-state index contributed by atoms with van der Waals surface area (Å²) in [6.07, 6.45) is -5.77. The average molecular weight is 350 g/mol. The van der Waals surface area contributed by atoms with Crippen molar-refractivity contribution in [2.45, 2.75) is 57.9 Å². The molecule has 1 heterocycles. The van der Waals surface area contributed by atoms with Crippen molar-refractivity contribution in [1.29, 1.82) is 0 Å². The number of hydrogen-bond donors (Lipinski definition) is 1. The van der Waals surface area contributed by atoms with Crippen molar-refractivity contribution < 1.29 is 27.5 Å².